The summed E-state index contributed by atoms with van der Waals surface area (Å²) >= 11 is 5.87. The molecule has 0 spiro atoms. The number of nitriles is 1. The number of hydrogen-bond donors (Lipinski definition) is 1. The van der Waals surface area contributed by atoms with Crippen LogP contribution in [0.4, 0.5) is 5.69 Å². The number of carbonyl (C=O) groups excluding carboxylic acids is 1. The van der Waals surface area contributed by atoms with Crippen molar-refractivity contribution in [3.63, 3.8) is 0 Å². The van der Waals surface area contributed by atoms with Gasteiger partial charge in [0.05, 0.1) is 12.5 Å². The van der Waals surface area contributed by atoms with Crippen LogP contribution in [0.2, 0.25) is 5.02 Å². The van der Waals surface area contributed by atoms with Gasteiger partial charge in [0.25, 0.3) is 5.91 Å². The molecule has 0 unspecified atom stereocenters. The summed E-state index contributed by atoms with van der Waals surface area (Å²) in [6, 6.07) is 16.1. The molecule has 2 rings (SSSR count). The van der Waals surface area contributed by atoms with Crippen molar-refractivity contribution >= 4 is 23.2 Å². The van der Waals surface area contributed by atoms with E-state index >= 15 is 0 Å². The van der Waals surface area contributed by atoms with Crippen LogP contribution in [0.1, 0.15) is 12.5 Å². The van der Waals surface area contributed by atoms with Crippen molar-refractivity contribution in [2.24, 2.45) is 0 Å². The lowest BCUT2D eigenvalue weighted by Gasteiger charge is -2.15. The second-order valence-corrected chi connectivity index (χ2v) is 5.17. The number of rotatable bonds is 5. The van der Waals surface area contributed by atoms with Gasteiger partial charge >= 0.3 is 0 Å². The zero-order valence-corrected chi connectivity index (χ0v) is 12.8. The van der Waals surface area contributed by atoms with E-state index in [4.69, 9.17) is 21.6 Å². The standard InChI is InChI=1S/C17H15ClN2O2/c1-12(22-16-4-2-3-14(18)11-16)17(21)20-15-7-5-13(6-8-15)9-10-19/h2-8,11-12H,9H2,1H3,(H,20,21)/t12-/m0/s1. The predicted octanol–water partition coefficient (Wildman–Crippen LogP) is 3.81. The first-order valence-electron chi connectivity index (χ1n) is 6.77. The van der Waals surface area contributed by atoms with Gasteiger partial charge < -0.3 is 10.1 Å². The van der Waals surface area contributed by atoms with Gasteiger partial charge in [0.2, 0.25) is 0 Å². The van der Waals surface area contributed by atoms with Crippen LogP contribution in [0.5, 0.6) is 5.75 Å². The van der Waals surface area contributed by atoms with Gasteiger partial charge in [0, 0.05) is 10.7 Å². The summed E-state index contributed by atoms with van der Waals surface area (Å²) in [6.07, 6.45) is -0.306. The molecule has 0 saturated heterocycles. The van der Waals surface area contributed by atoms with E-state index in [0.29, 0.717) is 22.9 Å². The zero-order valence-electron chi connectivity index (χ0n) is 12.0. The maximum absolute atomic E-state index is 12.1. The summed E-state index contributed by atoms with van der Waals surface area (Å²) in [5.74, 6) is 0.285. The average Bonchev–Trinajstić information content (AvgIpc) is 2.49. The van der Waals surface area contributed by atoms with Crippen LogP contribution in [0, 0.1) is 11.3 Å². The van der Waals surface area contributed by atoms with Crippen LogP contribution < -0.4 is 10.1 Å². The molecule has 0 fully saturated rings. The number of anilines is 1. The van der Waals surface area contributed by atoms with Crippen molar-refractivity contribution in [3.05, 3.63) is 59.1 Å². The SMILES string of the molecule is C[C@H](Oc1cccc(Cl)c1)C(=O)Nc1ccc(CC#N)cc1. The highest BCUT2D eigenvalue weighted by molar-refractivity contribution is 6.30. The third-order valence-electron chi connectivity index (χ3n) is 2.98. The summed E-state index contributed by atoms with van der Waals surface area (Å²) in [4.78, 5) is 12.1. The van der Waals surface area contributed by atoms with Crippen molar-refractivity contribution in [3.8, 4) is 11.8 Å². The molecule has 0 aliphatic rings. The Hall–Kier alpha value is -2.51. The van der Waals surface area contributed by atoms with Gasteiger partial charge in [-0.1, -0.05) is 29.8 Å². The van der Waals surface area contributed by atoms with Gasteiger partial charge in [-0.25, -0.2) is 0 Å². The molecule has 0 radical (unpaired) electrons. The van der Waals surface area contributed by atoms with Gasteiger partial charge in [0.1, 0.15) is 5.75 Å². The van der Waals surface area contributed by atoms with Gasteiger partial charge in [-0.15, -0.1) is 0 Å². The van der Waals surface area contributed by atoms with Gasteiger partial charge in [0.15, 0.2) is 6.10 Å². The van der Waals surface area contributed by atoms with E-state index < -0.39 is 6.10 Å². The van der Waals surface area contributed by atoms with E-state index in [1.54, 1.807) is 55.5 Å². The molecule has 22 heavy (non-hydrogen) atoms. The lowest BCUT2D eigenvalue weighted by molar-refractivity contribution is -0.122. The first kappa shape index (κ1) is 15.9. The number of ether oxygens (including phenoxy) is 1. The van der Waals surface area contributed by atoms with E-state index in [1.807, 2.05) is 0 Å². The number of halogens is 1. The summed E-state index contributed by atoms with van der Waals surface area (Å²) in [6.45, 7) is 1.67. The number of benzene rings is 2. The predicted molar refractivity (Wildman–Crippen MR) is 85.9 cm³/mol. The monoisotopic (exact) mass is 314 g/mol. The Balaban J connectivity index is 1.95. The van der Waals surface area contributed by atoms with Crippen molar-refractivity contribution in [1.82, 2.24) is 0 Å². The third kappa shape index (κ3) is 4.51. The molecule has 1 N–H and O–H groups in total. The summed E-state index contributed by atoms with van der Waals surface area (Å²) < 4.78 is 5.55. The molecule has 1 atom stereocenters. The maximum atomic E-state index is 12.1. The Morgan fingerprint density at radius 2 is 2.05 bits per heavy atom. The van der Waals surface area contributed by atoms with Crippen LogP contribution in [0.25, 0.3) is 0 Å². The second kappa shape index (κ2) is 7.48. The zero-order chi connectivity index (χ0) is 15.9. The molecule has 112 valence electrons. The number of nitrogens with one attached hydrogen (secondary N) is 1. The second-order valence-electron chi connectivity index (χ2n) is 4.74. The first-order valence-corrected chi connectivity index (χ1v) is 7.15. The highest BCUT2D eigenvalue weighted by Crippen LogP contribution is 2.19. The fourth-order valence-electron chi connectivity index (χ4n) is 1.84. The van der Waals surface area contributed by atoms with Crippen LogP contribution in [-0.2, 0) is 11.2 Å². The molecule has 5 heteroatoms. The minimum Gasteiger partial charge on any atom is -0.481 e. The topological polar surface area (TPSA) is 62.1 Å². The maximum Gasteiger partial charge on any atom is 0.265 e. The summed E-state index contributed by atoms with van der Waals surface area (Å²) in [5, 5.41) is 11.9. The Bertz CT molecular complexity index is 693. The van der Waals surface area contributed by atoms with E-state index in [2.05, 4.69) is 11.4 Å². The first-order chi connectivity index (χ1) is 10.6. The Morgan fingerprint density at radius 1 is 1.32 bits per heavy atom. The smallest absolute Gasteiger partial charge is 0.265 e. The van der Waals surface area contributed by atoms with Gasteiger partial charge in [-0.05, 0) is 42.8 Å². The molecule has 0 heterocycles. The van der Waals surface area contributed by atoms with E-state index in [-0.39, 0.29) is 5.91 Å². The lowest BCUT2D eigenvalue weighted by Crippen LogP contribution is -2.30. The van der Waals surface area contributed by atoms with Crippen LogP contribution >= 0.6 is 11.6 Å². The highest BCUT2D eigenvalue weighted by atomic mass is 35.5. The Kier molecular flexibility index (Phi) is 5.40. The van der Waals surface area contributed by atoms with E-state index in [9.17, 15) is 4.79 Å². The third-order valence-corrected chi connectivity index (χ3v) is 3.22. The van der Waals surface area contributed by atoms with E-state index in [1.165, 1.54) is 0 Å². The fraction of sp³-hybridized carbons (Fsp3) is 0.176. The van der Waals surface area contributed by atoms with Gasteiger partial charge in [-0.3, -0.25) is 4.79 Å². The average molecular weight is 315 g/mol. The molecule has 0 aliphatic heterocycles. The summed E-state index contributed by atoms with van der Waals surface area (Å²) in [5.41, 5.74) is 1.57. The number of amides is 1. The number of carbonyl (C=O) groups is 1. The molecule has 4 nitrogen and oxygen atoms in total. The van der Waals surface area contributed by atoms with Crippen molar-refractivity contribution in [2.45, 2.75) is 19.4 Å². The molecule has 0 aromatic heterocycles. The molecular weight excluding hydrogens is 300 g/mol. The van der Waals surface area contributed by atoms with E-state index in [0.717, 1.165) is 5.56 Å². The Morgan fingerprint density at radius 3 is 2.68 bits per heavy atom. The molecule has 1 amide bonds. The quantitative estimate of drug-likeness (QED) is 0.912. The highest BCUT2D eigenvalue weighted by Gasteiger charge is 2.15. The molecule has 0 saturated carbocycles. The Labute approximate surface area is 134 Å². The molecule has 2 aromatic carbocycles. The number of nitrogens with zero attached hydrogens (tertiary/aromatic N) is 1. The van der Waals surface area contributed by atoms with Crippen molar-refractivity contribution in [1.29, 1.82) is 5.26 Å². The summed E-state index contributed by atoms with van der Waals surface area (Å²) in [7, 11) is 0. The normalized spacial score (nSPS) is 11.3. The number of hydrogen-bond acceptors (Lipinski definition) is 3. The van der Waals surface area contributed by atoms with Gasteiger partial charge in [-0.2, -0.15) is 5.26 Å². The minimum absolute atomic E-state index is 0.256. The van der Waals surface area contributed by atoms with Crippen molar-refractivity contribution in [2.75, 3.05) is 5.32 Å². The molecule has 2 aromatic rings. The lowest BCUT2D eigenvalue weighted by atomic mass is 10.1. The van der Waals surface area contributed by atoms with Crippen LogP contribution in [0.3, 0.4) is 0 Å². The van der Waals surface area contributed by atoms with Crippen LogP contribution in [0.15, 0.2) is 48.5 Å². The molecule has 0 bridgehead atoms. The minimum atomic E-state index is -0.655. The van der Waals surface area contributed by atoms with Crippen LogP contribution in [-0.4, -0.2) is 12.0 Å². The molecular formula is C17H15ClN2O2. The largest absolute Gasteiger partial charge is 0.481 e. The fourth-order valence-corrected chi connectivity index (χ4v) is 2.02. The molecule has 0 aliphatic carbocycles. The van der Waals surface area contributed by atoms with Crippen molar-refractivity contribution < 1.29 is 9.53 Å².